The molecule has 0 radical (unpaired) electrons. The molecule has 21 heavy (non-hydrogen) atoms. The summed E-state index contributed by atoms with van der Waals surface area (Å²) in [5.41, 5.74) is 2.24. The van der Waals surface area contributed by atoms with Gasteiger partial charge < -0.3 is 4.90 Å². The number of halogens is 1. The van der Waals surface area contributed by atoms with Crippen LogP contribution >= 0.6 is 23.7 Å². The minimum Gasteiger partial charge on any atom is -0.303 e. The second kappa shape index (κ2) is 7.48. The Labute approximate surface area is 140 Å². The Kier molecular flexibility index (Phi) is 6.16. The van der Waals surface area contributed by atoms with Gasteiger partial charge in [-0.25, -0.2) is 0 Å². The van der Waals surface area contributed by atoms with Gasteiger partial charge in [-0.1, -0.05) is 13.8 Å². The van der Waals surface area contributed by atoms with E-state index in [2.05, 4.69) is 30.2 Å². The zero-order valence-corrected chi connectivity index (χ0v) is 15.2. The van der Waals surface area contributed by atoms with Crippen LogP contribution in [0.15, 0.2) is 11.4 Å². The summed E-state index contributed by atoms with van der Waals surface area (Å²) in [6.45, 7) is 8.81. The van der Waals surface area contributed by atoms with Crippen molar-refractivity contribution in [3.8, 4) is 0 Å². The maximum Gasteiger partial charge on any atom is 0.00800 e. The predicted octanol–water partition coefficient (Wildman–Crippen LogP) is 5.49. The van der Waals surface area contributed by atoms with Crippen molar-refractivity contribution in [3.05, 3.63) is 21.9 Å². The second-order valence-electron chi connectivity index (χ2n) is 7.57. The Morgan fingerprint density at radius 2 is 2.19 bits per heavy atom. The molecule has 0 aromatic carbocycles. The van der Waals surface area contributed by atoms with Gasteiger partial charge in [0.25, 0.3) is 0 Å². The van der Waals surface area contributed by atoms with Crippen molar-refractivity contribution in [1.82, 2.24) is 4.90 Å². The quantitative estimate of drug-likeness (QED) is 0.706. The van der Waals surface area contributed by atoms with Gasteiger partial charge in [-0.3, -0.25) is 0 Å². The van der Waals surface area contributed by atoms with Crippen molar-refractivity contribution in [3.63, 3.8) is 0 Å². The van der Waals surface area contributed by atoms with Gasteiger partial charge >= 0.3 is 0 Å². The number of rotatable bonds is 4. The summed E-state index contributed by atoms with van der Waals surface area (Å²) in [7, 11) is 0. The molecule has 1 atom stereocenters. The van der Waals surface area contributed by atoms with E-state index < -0.39 is 0 Å². The third-order valence-corrected chi connectivity index (χ3v) is 6.18. The first kappa shape index (κ1) is 17.3. The molecule has 1 unspecified atom stereocenters. The van der Waals surface area contributed by atoms with Crippen LogP contribution < -0.4 is 0 Å². The molecule has 1 aromatic heterocycles. The number of aryl methyl sites for hydroxylation is 1. The summed E-state index contributed by atoms with van der Waals surface area (Å²) in [4.78, 5) is 4.39. The Balaban J connectivity index is 0.00000161. The molecule has 0 bridgehead atoms. The van der Waals surface area contributed by atoms with Crippen molar-refractivity contribution in [2.24, 2.45) is 5.41 Å². The van der Waals surface area contributed by atoms with Gasteiger partial charge in [-0.05, 0) is 86.4 Å². The maximum absolute atomic E-state index is 2.71. The molecular formula is C18H30ClNS. The van der Waals surface area contributed by atoms with Crippen molar-refractivity contribution >= 4 is 23.7 Å². The fourth-order valence-corrected chi connectivity index (χ4v) is 5.19. The van der Waals surface area contributed by atoms with E-state index >= 15 is 0 Å². The molecule has 2 heterocycles. The molecule has 2 aliphatic rings. The average Bonchev–Trinajstić information content (AvgIpc) is 2.87. The number of piperidine rings is 1. The number of hydrogen-bond donors (Lipinski definition) is 0. The van der Waals surface area contributed by atoms with Crippen LogP contribution in [0.4, 0.5) is 0 Å². The van der Waals surface area contributed by atoms with Crippen molar-refractivity contribution in [2.75, 3.05) is 19.6 Å². The molecule has 0 saturated carbocycles. The van der Waals surface area contributed by atoms with Crippen LogP contribution in [-0.2, 0) is 6.42 Å². The monoisotopic (exact) mass is 327 g/mol. The Morgan fingerprint density at radius 1 is 1.33 bits per heavy atom. The van der Waals surface area contributed by atoms with E-state index in [0.717, 1.165) is 5.92 Å². The molecule has 0 amide bonds. The summed E-state index contributed by atoms with van der Waals surface area (Å²) >= 11 is 1.98. The zero-order chi connectivity index (χ0) is 14.0. The molecule has 0 N–H and O–H groups in total. The smallest absolute Gasteiger partial charge is 0.00800 e. The first-order valence-electron chi connectivity index (χ1n) is 8.43. The lowest BCUT2D eigenvalue weighted by Crippen LogP contribution is -2.40. The van der Waals surface area contributed by atoms with Crippen molar-refractivity contribution in [1.29, 1.82) is 0 Å². The summed E-state index contributed by atoms with van der Waals surface area (Å²) in [5, 5.41) is 2.30. The van der Waals surface area contributed by atoms with E-state index in [4.69, 9.17) is 0 Å². The third-order valence-electron chi connectivity index (χ3n) is 5.18. The minimum absolute atomic E-state index is 0. The molecule has 0 spiro atoms. The number of nitrogens with zero attached hydrogens (tertiary/aromatic N) is 1. The average molecular weight is 328 g/mol. The van der Waals surface area contributed by atoms with Crippen molar-refractivity contribution in [2.45, 2.75) is 64.7 Å². The molecular weight excluding hydrogens is 298 g/mol. The summed E-state index contributed by atoms with van der Waals surface area (Å²) in [6.07, 6.45) is 9.76. The van der Waals surface area contributed by atoms with Gasteiger partial charge in [0.1, 0.15) is 0 Å². The summed E-state index contributed by atoms with van der Waals surface area (Å²) in [6, 6.07) is 2.40. The Hall–Kier alpha value is -0.0500. The van der Waals surface area contributed by atoms with Gasteiger partial charge in [0.05, 0.1) is 0 Å². The summed E-state index contributed by atoms with van der Waals surface area (Å²) in [5.74, 6) is 0.864. The molecule has 1 saturated heterocycles. The highest BCUT2D eigenvalue weighted by atomic mass is 35.5. The molecule has 1 aliphatic heterocycles. The lowest BCUT2D eigenvalue weighted by atomic mass is 9.83. The van der Waals surface area contributed by atoms with Gasteiger partial charge in [0, 0.05) is 11.4 Å². The highest BCUT2D eigenvalue weighted by Crippen LogP contribution is 2.37. The fourth-order valence-electron chi connectivity index (χ4n) is 4.18. The fraction of sp³-hybridized carbons (Fsp3) is 0.778. The second-order valence-corrected chi connectivity index (χ2v) is 8.58. The molecule has 1 aromatic rings. The largest absolute Gasteiger partial charge is 0.303 e. The van der Waals surface area contributed by atoms with E-state index in [1.54, 1.807) is 10.4 Å². The van der Waals surface area contributed by atoms with Crippen LogP contribution in [-0.4, -0.2) is 24.5 Å². The van der Waals surface area contributed by atoms with Crippen LogP contribution in [0.5, 0.6) is 0 Å². The minimum atomic E-state index is 0. The Bertz CT molecular complexity index is 440. The van der Waals surface area contributed by atoms with Crippen LogP contribution in [0.3, 0.4) is 0 Å². The van der Waals surface area contributed by atoms with Crippen LogP contribution in [0.1, 0.15) is 68.7 Å². The van der Waals surface area contributed by atoms with Gasteiger partial charge in [0.2, 0.25) is 0 Å². The SMILES string of the molecule is CC1(C)CCCN(CCCC2CCCc3sccc32)C1.Cl. The van der Waals surface area contributed by atoms with Crippen molar-refractivity contribution < 1.29 is 0 Å². The third kappa shape index (κ3) is 4.46. The lowest BCUT2D eigenvalue weighted by molar-refractivity contribution is 0.115. The normalized spacial score (nSPS) is 25.1. The van der Waals surface area contributed by atoms with Crippen LogP contribution in [0.25, 0.3) is 0 Å². The first-order chi connectivity index (χ1) is 9.64. The van der Waals surface area contributed by atoms with E-state index in [9.17, 15) is 0 Å². The van der Waals surface area contributed by atoms with Crippen LogP contribution in [0, 0.1) is 5.41 Å². The maximum atomic E-state index is 2.71. The standard InChI is InChI=1S/C18H29NS.ClH/c1-18(2)10-5-12-19(14-18)11-4-7-15-6-3-8-17-16(15)9-13-20-17;/h9,13,15H,3-8,10-12,14H2,1-2H3;1H. The van der Waals surface area contributed by atoms with Crippen LogP contribution in [0.2, 0.25) is 0 Å². The Morgan fingerprint density at radius 3 is 3.00 bits per heavy atom. The van der Waals surface area contributed by atoms with Gasteiger partial charge in [-0.2, -0.15) is 0 Å². The number of likely N-dealkylation sites (tertiary alicyclic amines) is 1. The number of thiophene rings is 1. The van der Waals surface area contributed by atoms with Gasteiger partial charge in [0.15, 0.2) is 0 Å². The number of fused-ring (bicyclic) bond motifs is 1. The molecule has 1 fully saturated rings. The molecule has 3 heteroatoms. The summed E-state index contributed by atoms with van der Waals surface area (Å²) < 4.78 is 0. The highest BCUT2D eigenvalue weighted by molar-refractivity contribution is 7.10. The lowest BCUT2D eigenvalue weighted by Gasteiger charge is -2.38. The zero-order valence-electron chi connectivity index (χ0n) is 13.6. The van der Waals surface area contributed by atoms with E-state index in [0.29, 0.717) is 5.41 Å². The molecule has 120 valence electrons. The molecule has 1 aliphatic carbocycles. The van der Waals surface area contributed by atoms with E-state index in [1.165, 1.54) is 64.6 Å². The molecule has 1 nitrogen and oxygen atoms in total. The predicted molar refractivity (Wildman–Crippen MR) is 95.9 cm³/mol. The topological polar surface area (TPSA) is 3.24 Å². The molecule has 3 rings (SSSR count). The van der Waals surface area contributed by atoms with E-state index in [-0.39, 0.29) is 12.4 Å². The van der Waals surface area contributed by atoms with E-state index in [1.807, 2.05) is 11.3 Å². The first-order valence-corrected chi connectivity index (χ1v) is 9.31. The number of hydrogen-bond acceptors (Lipinski definition) is 2. The van der Waals surface area contributed by atoms with Gasteiger partial charge in [-0.15, -0.1) is 23.7 Å². The highest BCUT2D eigenvalue weighted by Gasteiger charge is 2.26.